The predicted molar refractivity (Wildman–Crippen MR) is 301 cm³/mol. The first-order chi connectivity index (χ1) is 38.3. The fraction of sp³-hybridized carbons (Fsp3) is 0.508. The number of amides is 2. The molecule has 4 aliphatic heterocycles. The number of piperazine rings is 1. The van der Waals surface area contributed by atoms with Crippen LogP contribution in [0.15, 0.2) is 95.8 Å². The number of nitrogens with zero attached hydrogens (tertiary/aromatic N) is 11. The number of benzene rings is 2. The van der Waals surface area contributed by atoms with E-state index in [2.05, 4.69) is 50.4 Å². The summed E-state index contributed by atoms with van der Waals surface area (Å²) in [6, 6.07) is 23.8. The van der Waals surface area contributed by atoms with Crippen molar-refractivity contribution in [1.82, 2.24) is 45.2 Å². The van der Waals surface area contributed by atoms with Gasteiger partial charge < -0.3 is 59.8 Å². The van der Waals surface area contributed by atoms with E-state index in [1.54, 1.807) is 18.3 Å². The minimum atomic E-state index is -0.806. The smallest absolute Gasteiger partial charge is 0.243 e. The van der Waals surface area contributed by atoms with Crippen LogP contribution in [0, 0.1) is 11.8 Å². The fourth-order valence-corrected chi connectivity index (χ4v) is 12.2. The Labute approximate surface area is 461 Å². The van der Waals surface area contributed by atoms with Crippen LogP contribution in [0.5, 0.6) is 11.6 Å². The van der Waals surface area contributed by atoms with Crippen molar-refractivity contribution in [2.75, 3.05) is 85.9 Å². The zero-order chi connectivity index (χ0) is 54.7. The van der Waals surface area contributed by atoms with E-state index in [-0.39, 0.29) is 60.8 Å². The third kappa shape index (κ3) is 12.2. The summed E-state index contributed by atoms with van der Waals surface area (Å²) in [6.45, 7) is 13.9. The second kappa shape index (κ2) is 23.6. The van der Waals surface area contributed by atoms with Crippen molar-refractivity contribution in [3.05, 3.63) is 103 Å². The molecule has 5 fully saturated rings. The molecule has 4 aromatic heterocycles. The number of anilines is 4. The summed E-state index contributed by atoms with van der Waals surface area (Å²) >= 11 is 0. The SMILES string of the molecule is CC(C)[C@H](C(=O)N1C[C@H](O)C[C@H]1C(=O)N[C@@H](C)c1ccc(-c2ccnn2C)cc1)c1cc(N2CCC(CN3CCC(O[C@H]4C[C@H](Oc5cc(N6CCN(c7cc(-c8ccccc8O)nnc7N)CC6)ccn5)C4)CC3)CC2)no1. The standard InChI is InChI=1S/C59H75N13O7/c1-37(2)56(59(76)72-36-43(73)30-51(72)58(75)63-38(3)40-9-11-41(12-10-40)49-14-20-62-67(49)4)53-34-54(66-79-53)71-23-15-39(16-24-71)35-68-21-17-44(18-22-68)77-45-31-46(32-45)78-55-29-42(13-19-61-55)69-25-27-70(28-26-69)50-33-48(64-65-57(50)60)47-7-5-6-8-52(47)74/h5-14,19-20,29,33-34,37-39,43-46,51,56,73-74H,15-18,21-28,30-32,35-36H2,1-4H3,(H2,60,65)(H,63,75)/t38-,43+,45-,46-,51-,56-/m0/s1. The maximum absolute atomic E-state index is 14.4. The van der Waals surface area contributed by atoms with Gasteiger partial charge in [-0.3, -0.25) is 14.3 Å². The third-order valence-electron chi connectivity index (χ3n) is 16.9. The van der Waals surface area contributed by atoms with E-state index in [0.717, 1.165) is 131 Å². The fourth-order valence-electron chi connectivity index (χ4n) is 12.2. The van der Waals surface area contributed by atoms with Crippen LogP contribution in [0.2, 0.25) is 0 Å². The molecule has 6 aromatic rings. The quantitative estimate of drug-likeness (QED) is 0.0771. The molecule has 418 valence electrons. The van der Waals surface area contributed by atoms with Crippen molar-refractivity contribution in [2.24, 2.45) is 18.9 Å². The molecule has 1 aliphatic carbocycles. The number of aliphatic hydroxyl groups excluding tert-OH is 1. The van der Waals surface area contributed by atoms with Crippen molar-refractivity contribution in [3.8, 4) is 34.1 Å². The lowest BCUT2D eigenvalue weighted by atomic mass is 9.91. The lowest BCUT2D eigenvalue weighted by molar-refractivity contribution is -0.141. The Balaban J connectivity index is 0.589. The lowest BCUT2D eigenvalue weighted by Gasteiger charge is -2.41. The van der Waals surface area contributed by atoms with E-state index < -0.39 is 18.1 Å². The number of nitrogens with one attached hydrogen (secondary N) is 1. The molecule has 4 atom stereocenters. The van der Waals surface area contributed by atoms with E-state index in [9.17, 15) is 19.8 Å². The van der Waals surface area contributed by atoms with Crippen LogP contribution in [0.1, 0.15) is 89.0 Å². The molecular formula is C59H75N13O7. The van der Waals surface area contributed by atoms with Gasteiger partial charge in [0.05, 0.1) is 41.4 Å². The Morgan fingerprint density at radius 2 is 1.56 bits per heavy atom. The van der Waals surface area contributed by atoms with E-state index in [1.165, 1.54) is 4.90 Å². The monoisotopic (exact) mass is 1080 g/mol. The van der Waals surface area contributed by atoms with E-state index in [4.69, 9.17) is 19.7 Å². The van der Waals surface area contributed by atoms with E-state index in [0.29, 0.717) is 34.6 Å². The zero-order valence-corrected chi connectivity index (χ0v) is 45.8. The number of nitrogens with two attached hydrogens (primary N) is 1. The molecule has 0 spiro atoms. The summed E-state index contributed by atoms with van der Waals surface area (Å²) in [5.74, 6) is 1.64. The summed E-state index contributed by atoms with van der Waals surface area (Å²) in [4.78, 5) is 43.7. The van der Waals surface area contributed by atoms with Gasteiger partial charge in [-0.05, 0) is 85.9 Å². The van der Waals surface area contributed by atoms with Crippen molar-refractivity contribution in [2.45, 2.75) is 108 Å². The van der Waals surface area contributed by atoms with Gasteiger partial charge in [-0.2, -0.15) is 5.10 Å². The minimum absolute atomic E-state index is 0.0805. The van der Waals surface area contributed by atoms with Crippen molar-refractivity contribution >= 4 is 34.8 Å². The Morgan fingerprint density at radius 1 is 0.810 bits per heavy atom. The van der Waals surface area contributed by atoms with Crippen LogP contribution in [0.4, 0.5) is 23.0 Å². The molecule has 1 saturated carbocycles. The molecule has 11 rings (SSSR count). The van der Waals surface area contributed by atoms with Crippen molar-refractivity contribution in [1.29, 1.82) is 0 Å². The predicted octanol–water partition coefficient (Wildman–Crippen LogP) is 6.43. The lowest BCUT2D eigenvalue weighted by Crippen LogP contribution is -2.48. The number of β-amino-alcohol motifs (C(OH)–C–C–N with tert-alkyl or cyclic N) is 1. The van der Waals surface area contributed by atoms with Gasteiger partial charge in [-0.25, -0.2) is 4.98 Å². The van der Waals surface area contributed by atoms with Crippen LogP contribution in [0.3, 0.4) is 0 Å². The number of aromatic nitrogens is 6. The van der Waals surface area contributed by atoms with Gasteiger partial charge in [0.2, 0.25) is 17.7 Å². The first-order valence-corrected chi connectivity index (χ1v) is 28.3. The van der Waals surface area contributed by atoms with Crippen LogP contribution < -0.4 is 30.5 Å². The van der Waals surface area contributed by atoms with Crippen LogP contribution in [0.25, 0.3) is 22.5 Å². The summed E-state index contributed by atoms with van der Waals surface area (Å²) in [6.07, 6.45) is 9.36. The number of phenols is 1. The van der Waals surface area contributed by atoms with Crippen molar-refractivity contribution in [3.63, 3.8) is 0 Å². The molecule has 8 heterocycles. The molecule has 20 nitrogen and oxygen atoms in total. The molecular weight excluding hydrogens is 1000 g/mol. The van der Waals surface area contributed by atoms with Crippen LogP contribution >= 0.6 is 0 Å². The highest BCUT2D eigenvalue weighted by molar-refractivity contribution is 5.91. The minimum Gasteiger partial charge on any atom is -0.507 e. The number of aromatic hydroxyl groups is 1. The largest absolute Gasteiger partial charge is 0.507 e. The first kappa shape index (κ1) is 53.7. The third-order valence-corrected chi connectivity index (χ3v) is 16.9. The Kier molecular flexibility index (Phi) is 16.0. The maximum atomic E-state index is 14.4. The summed E-state index contributed by atoms with van der Waals surface area (Å²) in [5.41, 5.74) is 12.3. The van der Waals surface area contributed by atoms with E-state index in [1.807, 2.05) is 105 Å². The number of ether oxygens (including phenoxy) is 2. The van der Waals surface area contributed by atoms with Gasteiger partial charge in [0.1, 0.15) is 23.8 Å². The summed E-state index contributed by atoms with van der Waals surface area (Å²) < 4.78 is 20.7. The van der Waals surface area contributed by atoms with E-state index >= 15 is 0 Å². The number of aliphatic hydroxyl groups is 1. The number of piperidine rings is 2. The Bertz CT molecular complexity index is 3030. The number of carbonyl (C=O) groups excluding carboxylic acids is 2. The first-order valence-electron chi connectivity index (χ1n) is 28.3. The van der Waals surface area contributed by atoms with Gasteiger partial charge in [0.15, 0.2) is 17.4 Å². The number of para-hydroxylation sites is 1. The molecule has 0 radical (unpaired) electrons. The van der Waals surface area contributed by atoms with Crippen LogP contribution in [-0.4, -0.2) is 158 Å². The number of aryl methyl sites for hydroxylation is 1. The number of rotatable bonds is 17. The molecule has 5 aliphatic rings. The molecule has 5 N–H and O–H groups in total. The highest BCUT2D eigenvalue weighted by Gasteiger charge is 2.44. The molecule has 2 amide bonds. The molecule has 0 bridgehead atoms. The number of hydrogen-bond acceptors (Lipinski definition) is 17. The molecule has 4 saturated heterocycles. The van der Waals surface area contributed by atoms with Gasteiger partial charge in [-0.1, -0.05) is 55.4 Å². The second-order valence-electron chi connectivity index (χ2n) is 22.6. The number of phenolic OH excluding ortho intramolecular Hbond substituents is 1. The maximum Gasteiger partial charge on any atom is 0.243 e. The second-order valence-corrected chi connectivity index (χ2v) is 22.6. The molecule has 2 aromatic carbocycles. The van der Waals surface area contributed by atoms with Gasteiger partial charge >= 0.3 is 0 Å². The van der Waals surface area contributed by atoms with Gasteiger partial charge in [0, 0.05) is 128 Å². The normalized spacial score (nSPS) is 22.3. The average Bonchev–Trinajstić information content (AvgIpc) is 4.24. The number of likely N-dealkylation sites (tertiary alicyclic amines) is 2. The molecule has 0 unspecified atom stereocenters. The van der Waals surface area contributed by atoms with Crippen LogP contribution in [-0.2, 0) is 21.4 Å². The van der Waals surface area contributed by atoms with Gasteiger partial charge in [-0.15, -0.1) is 10.2 Å². The number of nitrogen functional groups attached to an aromatic ring is 1. The summed E-state index contributed by atoms with van der Waals surface area (Å²) in [5, 5.41) is 41.5. The Hall–Kier alpha value is -7.29. The molecule has 20 heteroatoms. The Morgan fingerprint density at radius 3 is 2.28 bits per heavy atom. The summed E-state index contributed by atoms with van der Waals surface area (Å²) in [7, 11) is 1.90. The molecule has 79 heavy (non-hydrogen) atoms. The highest BCUT2D eigenvalue weighted by atomic mass is 16.5. The highest BCUT2D eigenvalue weighted by Crippen LogP contribution is 2.37. The number of carbonyl (C=O) groups is 2. The number of hydrogen-bond donors (Lipinski definition) is 4. The topological polar surface area (TPSA) is 230 Å². The zero-order valence-electron chi connectivity index (χ0n) is 45.8. The average molecular weight is 1080 g/mol. The van der Waals surface area contributed by atoms with Gasteiger partial charge in [0.25, 0.3) is 0 Å². The van der Waals surface area contributed by atoms with Crippen molar-refractivity contribution < 1.29 is 33.8 Å². The number of pyridine rings is 1.